The van der Waals surface area contributed by atoms with E-state index in [2.05, 4.69) is 29.4 Å². The third kappa shape index (κ3) is 3.46. The Bertz CT molecular complexity index is 857. The van der Waals surface area contributed by atoms with Crippen LogP contribution in [0.3, 0.4) is 0 Å². The molecule has 0 radical (unpaired) electrons. The quantitative estimate of drug-likeness (QED) is 0.742. The van der Waals surface area contributed by atoms with E-state index in [1.165, 1.54) is 5.56 Å². The highest BCUT2D eigenvalue weighted by Gasteiger charge is 2.14. The fourth-order valence-electron chi connectivity index (χ4n) is 2.21. The molecular formula is C18H16ClN3O2. The predicted octanol–water partition coefficient (Wildman–Crippen LogP) is 4.77. The van der Waals surface area contributed by atoms with Crippen LogP contribution in [0.15, 0.2) is 52.9 Å². The molecule has 24 heavy (non-hydrogen) atoms. The first kappa shape index (κ1) is 16.2. The van der Waals surface area contributed by atoms with Crippen molar-refractivity contribution in [2.24, 2.45) is 0 Å². The summed E-state index contributed by atoms with van der Waals surface area (Å²) in [7, 11) is 0. The SMILES string of the molecule is CC(C)c1ccc(-c2nnc(NC(=O)c3ccccc3Cl)o2)cc1. The molecule has 0 atom stereocenters. The van der Waals surface area contributed by atoms with Gasteiger partial charge in [0.1, 0.15) is 0 Å². The molecule has 5 nitrogen and oxygen atoms in total. The lowest BCUT2D eigenvalue weighted by atomic mass is 10.0. The molecule has 0 aliphatic carbocycles. The van der Waals surface area contributed by atoms with Gasteiger partial charge in [-0.15, -0.1) is 5.10 Å². The monoisotopic (exact) mass is 341 g/mol. The maximum atomic E-state index is 12.2. The number of anilines is 1. The van der Waals surface area contributed by atoms with Crippen molar-refractivity contribution in [3.05, 3.63) is 64.7 Å². The Morgan fingerprint density at radius 2 is 1.79 bits per heavy atom. The van der Waals surface area contributed by atoms with Crippen molar-refractivity contribution in [2.75, 3.05) is 5.32 Å². The molecule has 122 valence electrons. The summed E-state index contributed by atoms with van der Waals surface area (Å²) in [6.07, 6.45) is 0. The first-order valence-corrected chi connectivity index (χ1v) is 7.92. The Labute approximate surface area is 144 Å². The minimum Gasteiger partial charge on any atom is -0.403 e. The summed E-state index contributed by atoms with van der Waals surface area (Å²) in [6, 6.07) is 14.7. The molecule has 2 aromatic carbocycles. The summed E-state index contributed by atoms with van der Waals surface area (Å²) >= 11 is 6.00. The minimum absolute atomic E-state index is 0.0304. The van der Waals surface area contributed by atoms with Crippen LogP contribution < -0.4 is 5.32 Å². The van der Waals surface area contributed by atoms with Crippen LogP contribution in [0.25, 0.3) is 11.5 Å². The van der Waals surface area contributed by atoms with Crippen molar-refractivity contribution >= 4 is 23.5 Å². The van der Waals surface area contributed by atoms with Gasteiger partial charge in [0.15, 0.2) is 0 Å². The fraction of sp³-hybridized carbons (Fsp3) is 0.167. The van der Waals surface area contributed by atoms with Crippen LogP contribution in [0, 0.1) is 0 Å². The molecule has 6 heteroatoms. The van der Waals surface area contributed by atoms with E-state index in [-0.39, 0.29) is 6.01 Å². The van der Waals surface area contributed by atoms with Gasteiger partial charge in [-0.25, -0.2) is 0 Å². The summed E-state index contributed by atoms with van der Waals surface area (Å²) in [5.41, 5.74) is 2.37. The fourth-order valence-corrected chi connectivity index (χ4v) is 2.43. The van der Waals surface area contributed by atoms with E-state index in [1.807, 2.05) is 24.3 Å². The van der Waals surface area contributed by atoms with Crippen LogP contribution in [0.4, 0.5) is 6.01 Å². The number of nitrogens with zero attached hydrogens (tertiary/aromatic N) is 2. The number of hydrogen-bond acceptors (Lipinski definition) is 4. The van der Waals surface area contributed by atoms with Crippen molar-refractivity contribution in [1.82, 2.24) is 10.2 Å². The molecule has 0 bridgehead atoms. The second-order valence-electron chi connectivity index (χ2n) is 5.62. The number of hydrogen-bond donors (Lipinski definition) is 1. The maximum absolute atomic E-state index is 12.2. The molecule has 0 spiro atoms. The first-order chi connectivity index (χ1) is 11.5. The van der Waals surface area contributed by atoms with Gasteiger partial charge < -0.3 is 4.42 Å². The molecule has 0 saturated carbocycles. The van der Waals surface area contributed by atoms with Gasteiger partial charge in [0.05, 0.1) is 10.6 Å². The average Bonchev–Trinajstić information content (AvgIpc) is 3.03. The zero-order valence-electron chi connectivity index (χ0n) is 13.3. The molecule has 0 aliphatic rings. The number of aromatic nitrogens is 2. The summed E-state index contributed by atoms with van der Waals surface area (Å²) in [4.78, 5) is 12.2. The molecule has 0 fully saturated rings. The summed E-state index contributed by atoms with van der Waals surface area (Å²) in [5.74, 6) is 0.401. The van der Waals surface area contributed by atoms with Crippen LogP contribution in [0.2, 0.25) is 5.02 Å². The first-order valence-electron chi connectivity index (χ1n) is 7.54. The van der Waals surface area contributed by atoms with Gasteiger partial charge in [-0.1, -0.05) is 54.8 Å². The largest absolute Gasteiger partial charge is 0.403 e. The van der Waals surface area contributed by atoms with Crippen LogP contribution >= 0.6 is 11.6 Å². The highest BCUT2D eigenvalue weighted by molar-refractivity contribution is 6.34. The highest BCUT2D eigenvalue weighted by Crippen LogP contribution is 2.23. The van der Waals surface area contributed by atoms with E-state index in [0.717, 1.165) is 5.56 Å². The maximum Gasteiger partial charge on any atom is 0.322 e. The second kappa shape index (κ2) is 6.84. The van der Waals surface area contributed by atoms with Crippen molar-refractivity contribution in [2.45, 2.75) is 19.8 Å². The smallest absolute Gasteiger partial charge is 0.322 e. The Hall–Kier alpha value is -2.66. The minimum atomic E-state index is -0.397. The summed E-state index contributed by atoms with van der Waals surface area (Å²) < 4.78 is 5.50. The van der Waals surface area contributed by atoms with Crippen molar-refractivity contribution < 1.29 is 9.21 Å². The van der Waals surface area contributed by atoms with Gasteiger partial charge in [0, 0.05) is 5.56 Å². The summed E-state index contributed by atoms with van der Waals surface area (Å²) in [5, 5.41) is 10.7. The van der Waals surface area contributed by atoms with Gasteiger partial charge in [0.25, 0.3) is 5.91 Å². The molecule has 3 rings (SSSR count). The van der Waals surface area contributed by atoms with Gasteiger partial charge >= 0.3 is 6.01 Å². The Kier molecular flexibility index (Phi) is 4.62. The van der Waals surface area contributed by atoms with E-state index in [9.17, 15) is 4.79 Å². The number of rotatable bonds is 4. The third-order valence-electron chi connectivity index (χ3n) is 3.59. The van der Waals surface area contributed by atoms with Crippen LogP contribution in [-0.2, 0) is 0 Å². The van der Waals surface area contributed by atoms with Gasteiger partial charge in [-0.3, -0.25) is 10.1 Å². The Morgan fingerprint density at radius 3 is 2.46 bits per heavy atom. The molecule has 1 heterocycles. The van der Waals surface area contributed by atoms with Crippen molar-refractivity contribution in [3.8, 4) is 11.5 Å². The van der Waals surface area contributed by atoms with Crippen molar-refractivity contribution in [1.29, 1.82) is 0 Å². The molecule has 1 amide bonds. The standard InChI is InChI=1S/C18H16ClN3O2/c1-11(2)12-7-9-13(10-8-12)17-21-22-18(24-17)20-16(23)14-5-3-4-6-15(14)19/h3-11H,1-2H3,(H,20,22,23). The van der Waals surface area contributed by atoms with Gasteiger partial charge in [0.2, 0.25) is 5.89 Å². The van der Waals surface area contributed by atoms with Crippen molar-refractivity contribution in [3.63, 3.8) is 0 Å². The number of benzene rings is 2. The average molecular weight is 342 g/mol. The lowest BCUT2D eigenvalue weighted by Crippen LogP contribution is -2.12. The molecule has 0 aliphatic heterocycles. The van der Waals surface area contributed by atoms with Gasteiger partial charge in [-0.05, 0) is 35.7 Å². The van der Waals surface area contributed by atoms with E-state index in [4.69, 9.17) is 16.0 Å². The molecular weight excluding hydrogens is 326 g/mol. The topological polar surface area (TPSA) is 68.0 Å². The van der Waals surface area contributed by atoms with E-state index >= 15 is 0 Å². The number of halogens is 1. The van der Waals surface area contributed by atoms with Crippen LogP contribution in [0.5, 0.6) is 0 Å². The van der Waals surface area contributed by atoms with Crippen LogP contribution in [-0.4, -0.2) is 16.1 Å². The number of carbonyl (C=O) groups excluding carboxylic acids is 1. The third-order valence-corrected chi connectivity index (χ3v) is 3.92. The summed E-state index contributed by atoms with van der Waals surface area (Å²) in [6.45, 7) is 4.26. The highest BCUT2D eigenvalue weighted by atomic mass is 35.5. The van der Waals surface area contributed by atoms with Crippen LogP contribution in [0.1, 0.15) is 35.7 Å². The normalized spacial score (nSPS) is 10.8. The van der Waals surface area contributed by atoms with E-state index < -0.39 is 5.91 Å². The van der Waals surface area contributed by atoms with Gasteiger partial charge in [-0.2, -0.15) is 0 Å². The Balaban J connectivity index is 1.76. The molecule has 1 aromatic heterocycles. The molecule has 1 N–H and O–H groups in total. The van der Waals surface area contributed by atoms with E-state index in [1.54, 1.807) is 24.3 Å². The number of carbonyl (C=O) groups is 1. The lowest BCUT2D eigenvalue weighted by Gasteiger charge is -2.04. The zero-order valence-corrected chi connectivity index (χ0v) is 14.0. The second-order valence-corrected chi connectivity index (χ2v) is 6.03. The molecule has 0 unspecified atom stereocenters. The number of nitrogens with one attached hydrogen (secondary N) is 1. The lowest BCUT2D eigenvalue weighted by molar-refractivity contribution is 0.102. The van der Waals surface area contributed by atoms with E-state index in [0.29, 0.717) is 22.4 Å². The zero-order chi connectivity index (χ0) is 17.1. The predicted molar refractivity (Wildman–Crippen MR) is 93.2 cm³/mol. The molecule has 3 aromatic rings. The number of amides is 1. The molecule has 0 saturated heterocycles. The Morgan fingerprint density at radius 1 is 1.08 bits per heavy atom.